The third kappa shape index (κ3) is 19.3. The van der Waals surface area contributed by atoms with Crippen molar-refractivity contribution in [1.29, 1.82) is 0 Å². The van der Waals surface area contributed by atoms with Crippen molar-refractivity contribution in [3.05, 3.63) is 143 Å². The lowest BCUT2D eigenvalue weighted by Crippen LogP contribution is -2.32. The minimum absolute atomic E-state index is 0.00213. The Bertz CT molecular complexity index is 2090. The minimum atomic E-state index is -0.962. The van der Waals surface area contributed by atoms with E-state index in [1.165, 1.54) is 0 Å². The maximum absolute atomic E-state index is 13.0. The Morgan fingerprint density at radius 1 is 0.554 bits per heavy atom. The van der Waals surface area contributed by atoms with Gasteiger partial charge in [-0.05, 0) is 97.9 Å². The molecule has 348 valence electrons. The van der Waals surface area contributed by atoms with E-state index in [9.17, 15) is 33.9 Å². The zero-order valence-corrected chi connectivity index (χ0v) is 37.1. The van der Waals surface area contributed by atoms with E-state index in [0.29, 0.717) is 68.6 Å². The van der Waals surface area contributed by atoms with Gasteiger partial charge in [0.1, 0.15) is 31.4 Å². The van der Waals surface area contributed by atoms with Crippen LogP contribution in [0.25, 0.3) is 0 Å². The smallest absolute Gasteiger partial charge is 0.328 e. The number of ether oxygens (including phenoxy) is 1. The Morgan fingerprint density at radius 2 is 1.00 bits per heavy atom. The van der Waals surface area contributed by atoms with Crippen LogP contribution >= 0.6 is 0 Å². The van der Waals surface area contributed by atoms with Gasteiger partial charge in [0.25, 0.3) is 11.8 Å². The number of nitrogens with one attached hydrogen (secondary N) is 4. The molecule has 14 nitrogen and oxygen atoms in total. The number of benzene rings is 4. The molecule has 14 heteroatoms. The highest BCUT2D eigenvalue weighted by atomic mass is 16.5. The molecule has 1 aliphatic carbocycles. The number of unbranched alkanes of at least 4 members (excludes halogenated alkanes) is 4. The van der Waals surface area contributed by atoms with Gasteiger partial charge in [0.2, 0.25) is 0 Å². The van der Waals surface area contributed by atoms with Gasteiger partial charge in [-0.15, -0.1) is 0 Å². The van der Waals surface area contributed by atoms with Gasteiger partial charge in [0.15, 0.2) is 11.6 Å². The number of hydrogen-bond acceptors (Lipinski definition) is 11. The molecule has 0 aliphatic heterocycles. The van der Waals surface area contributed by atoms with Gasteiger partial charge in [-0.1, -0.05) is 97.8 Å². The number of carboxylic acid groups (broad SMARTS) is 1. The molecule has 0 aromatic heterocycles. The molecule has 2 amide bonds. The zero-order valence-electron chi connectivity index (χ0n) is 37.1. The highest BCUT2D eigenvalue weighted by molar-refractivity contribution is 5.95. The largest absolute Gasteiger partial charge is 0.480 e. The van der Waals surface area contributed by atoms with Crippen molar-refractivity contribution in [2.75, 3.05) is 26.3 Å². The van der Waals surface area contributed by atoms with E-state index in [4.69, 9.17) is 14.9 Å². The summed E-state index contributed by atoms with van der Waals surface area (Å²) in [5.74, 6) is -1.89. The monoisotopic (exact) mass is 892 g/mol. The van der Waals surface area contributed by atoms with E-state index >= 15 is 0 Å². The Kier molecular flexibility index (Phi) is 23.3. The van der Waals surface area contributed by atoms with Crippen LogP contribution in [0.3, 0.4) is 0 Å². The number of carbonyl (C=O) groups excluding carboxylic acids is 5. The molecule has 1 aliphatic rings. The molecule has 2 atom stereocenters. The molecular weight excluding hydrogens is 829 g/mol. The second-order valence-corrected chi connectivity index (χ2v) is 16.1. The van der Waals surface area contributed by atoms with Crippen LogP contribution < -0.4 is 21.3 Å². The first-order valence-electron chi connectivity index (χ1n) is 22.6. The normalized spacial score (nSPS) is 13.1. The molecule has 5 rings (SSSR count). The maximum Gasteiger partial charge on any atom is 0.328 e. The highest BCUT2D eigenvalue weighted by Crippen LogP contribution is 2.24. The summed E-state index contributed by atoms with van der Waals surface area (Å²) in [6, 6.07) is 31.5. The topological polar surface area (TPSA) is 220 Å². The molecule has 0 spiro atoms. The summed E-state index contributed by atoms with van der Waals surface area (Å²) in [6.07, 6.45) is 9.31. The Balaban J connectivity index is 0.000000288. The molecule has 1 fully saturated rings. The first-order chi connectivity index (χ1) is 31.6. The average molecular weight is 893 g/mol. The lowest BCUT2D eigenvalue weighted by Gasteiger charge is -2.21. The standard InChI is InChI=1S/C28H36N2O5.C23H28N2O5/c31-20-24(32)14-5-2-8-17-29-27(33)23-13-9-10-21(18-23)19-30-26(22-11-3-1-4-12-22)28(34)35-25-15-6-7-16-25;26-16-20(27)12-5-2-6-13-24-22(28)19-11-7-8-17(14-19)15-25-21(23(29)30)18-9-3-1-4-10-18/h1,3-4,9-13,18,25-26,30-31H,2,5-8,14-17,19-20H2,(H,29,33);1,3-4,7-11,14,21,25-26H,2,5-6,12-13,15-16H2,(H,24,28)(H,29,30)/t26-;21-/m00/s1. The minimum Gasteiger partial charge on any atom is -0.480 e. The molecule has 0 radical (unpaired) electrons. The first kappa shape index (κ1) is 51.6. The fourth-order valence-corrected chi connectivity index (χ4v) is 7.31. The van der Waals surface area contributed by atoms with Gasteiger partial charge in [-0.3, -0.25) is 34.6 Å². The molecule has 1 saturated carbocycles. The molecule has 7 N–H and O–H groups in total. The number of aliphatic hydroxyl groups is 2. The van der Waals surface area contributed by atoms with Crippen molar-refractivity contribution in [2.24, 2.45) is 0 Å². The SMILES string of the molecule is O=C(CO)CCCCCNC(=O)c1cccc(CN[C@H](C(=O)O)c2ccccc2)c1.O=C(CO)CCCCCNC(=O)c1cccc(CN[C@H](C(=O)OC2CCCC2)c2ccccc2)c1. The van der Waals surface area contributed by atoms with Crippen molar-refractivity contribution >= 4 is 35.3 Å². The Morgan fingerprint density at radius 3 is 1.45 bits per heavy atom. The van der Waals surface area contributed by atoms with Crippen LogP contribution in [0, 0.1) is 0 Å². The molecule has 4 aromatic carbocycles. The molecule has 0 unspecified atom stereocenters. The lowest BCUT2D eigenvalue weighted by molar-refractivity contribution is -0.151. The summed E-state index contributed by atoms with van der Waals surface area (Å²) < 4.78 is 5.77. The zero-order chi connectivity index (χ0) is 46.7. The maximum atomic E-state index is 13.0. The lowest BCUT2D eigenvalue weighted by atomic mass is 10.1. The number of ketones is 2. The number of rotatable bonds is 27. The number of aliphatic hydroxyl groups excluding tert-OH is 2. The van der Waals surface area contributed by atoms with E-state index in [1.54, 1.807) is 48.5 Å². The number of carboxylic acids is 1. The number of esters is 1. The summed E-state index contributed by atoms with van der Waals surface area (Å²) in [7, 11) is 0. The molecular formula is C51H64N4O10. The van der Waals surface area contributed by atoms with E-state index in [2.05, 4.69) is 21.3 Å². The van der Waals surface area contributed by atoms with Gasteiger partial charge in [-0.25, -0.2) is 4.79 Å². The van der Waals surface area contributed by atoms with Crippen LogP contribution in [0.5, 0.6) is 0 Å². The quantitative estimate of drug-likeness (QED) is 0.0259. The van der Waals surface area contributed by atoms with Crippen molar-refractivity contribution in [1.82, 2.24) is 21.3 Å². The van der Waals surface area contributed by atoms with Crippen molar-refractivity contribution in [3.63, 3.8) is 0 Å². The number of Topliss-reactive ketones (excluding diaryl/α,β-unsaturated/α-hetero) is 2. The first-order valence-corrected chi connectivity index (χ1v) is 22.6. The molecule has 0 heterocycles. The van der Waals surface area contributed by atoms with Crippen LogP contribution in [0.4, 0.5) is 0 Å². The van der Waals surface area contributed by atoms with Crippen molar-refractivity contribution in [2.45, 2.75) is 108 Å². The summed E-state index contributed by atoms with van der Waals surface area (Å²) in [5.41, 5.74) is 4.30. The predicted molar refractivity (Wildman–Crippen MR) is 247 cm³/mol. The van der Waals surface area contributed by atoms with Gasteiger partial charge < -0.3 is 30.7 Å². The third-order valence-corrected chi connectivity index (χ3v) is 10.9. The van der Waals surface area contributed by atoms with Gasteiger partial charge >= 0.3 is 11.9 Å². The second-order valence-electron chi connectivity index (χ2n) is 16.1. The van der Waals surface area contributed by atoms with Crippen molar-refractivity contribution in [3.8, 4) is 0 Å². The summed E-state index contributed by atoms with van der Waals surface area (Å²) in [5, 5.41) is 39.0. The summed E-state index contributed by atoms with van der Waals surface area (Å²) in [4.78, 5) is 71.6. The Hall–Kier alpha value is -6.06. The van der Waals surface area contributed by atoms with Crippen LogP contribution in [-0.2, 0) is 37.0 Å². The molecule has 4 aromatic rings. The number of hydrogen-bond donors (Lipinski definition) is 7. The van der Waals surface area contributed by atoms with Crippen LogP contribution in [0.1, 0.15) is 132 Å². The summed E-state index contributed by atoms with van der Waals surface area (Å²) >= 11 is 0. The van der Waals surface area contributed by atoms with Crippen LogP contribution in [-0.4, -0.2) is 83.0 Å². The van der Waals surface area contributed by atoms with E-state index < -0.39 is 31.3 Å². The van der Waals surface area contributed by atoms with Gasteiger partial charge in [-0.2, -0.15) is 0 Å². The number of aliphatic carboxylic acids is 1. The van der Waals surface area contributed by atoms with Gasteiger partial charge in [0.05, 0.1) is 0 Å². The van der Waals surface area contributed by atoms with Crippen LogP contribution in [0.15, 0.2) is 109 Å². The fourth-order valence-electron chi connectivity index (χ4n) is 7.31. The van der Waals surface area contributed by atoms with E-state index in [0.717, 1.165) is 68.1 Å². The average Bonchev–Trinajstić information content (AvgIpc) is 3.85. The molecule has 0 bridgehead atoms. The molecule has 0 saturated heterocycles. The van der Waals surface area contributed by atoms with Crippen molar-refractivity contribution < 1.29 is 48.8 Å². The number of carbonyl (C=O) groups is 6. The van der Waals surface area contributed by atoms with Crippen LogP contribution in [0.2, 0.25) is 0 Å². The van der Waals surface area contributed by atoms with E-state index in [-0.39, 0.29) is 35.5 Å². The Labute approximate surface area is 381 Å². The highest BCUT2D eigenvalue weighted by Gasteiger charge is 2.27. The predicted octanol–water partition coefficient (Wildman–Crippen LogP) is 6.31. The number of amides is 2. The van der Waals surface area contributed by atoms with E-state index in [1.807, 2.05) is 60.7 Å². The fraction of sp³-hybridized carbons (Fsp3) is 0.412. The molecule has 65 heavy (non-hydrogen) atoms. The third-order valence-electron chi connectivity index (χ3n) is 10.9. The summed E-state index contributed by atoms with van der Waals surface area (Å²) in [6.45, 7) is 0.933. The second kappa shape index (κ2) is 29.4. The van der Waals surface area contributed by atoms with Gasteiger partial charge in [0, 0.05) is 50.1 Å².